The average molecular weight is 258 g/mol. The lowest BCUT2D eigenvalue weighted by Gasteiger charge is -2.33. The largest absolute Gasteiger partial charge is 0.444 e. The minimum Gasteiger partial charge on any atom is -0.444 e. The van der Waals surface area contributed by atoms with Gasteiger partial charge < -0.3 is 15.2 Å². The third-order valence-electron chi connectivity index (χ3n) is 2.56. The summed E-state index contributed by atoms with van der Waals surface area (Å²) in [5.41, 5.74) is 6.40. The van der Waals surface area contributed by atoms with Crippen molar-refractivity contribution in [2.24, 2.45) is 5.11 Å². The maximum Gasteiger partial charge on any atom is 0.407 e. The summed E-state index contributed by atoms with van der Waals surface area (Å²) in [5.74, 6) is 0. The zero-order chi connectivity index (χ0) is 14.4. The maximum atomic E-state index is 11.6. The van der Waals surface area contributed by atoms with E-state index in [1.807, 2.05) is 0 Å². The molecule has 0 aliphatic heterocycles. The van der Waals surface area contributed by atoms with Gasteiger partial charge in [-0.2, -0.15) is 0 Å². The number of nitrogens with zero attached hydrogens (tertiary/aromatic N) is 3. The SMILES string of the molecule is CCC(O)(CN=[N+]=[N-])C(C)NC(=O)OC(C)(C)C. The van der Waals surface area contributed by atoms with Crippen molar-refractivity contribution in [3.63, 3.8) is 0 Å². The predicted molar refractivity (Wildman–Crippen MR) is 68.1 cm³/mol. The zero-order valence-electron chi connectivity index (χ0n) is 11.6. The first-order valence-corrected chi connectivity index (χ1v) is 5.87. The number of aliphatic hydroxyl groups is 1. The molecule has 2 N–H and O–H groups in total. The molecule has 0 aliphatic carbocycles. The van der Waals surface area contributed by atoms with E-state index in [9.17, 15) is 9.90 Å². The van der Waals surface area contributed by atoms with Crippen LogP contribution in [0.25, 0.3) is 10.4 Å². The van der Waals surface area contributed by atoms with Crippen molar-refractivity contribution in [2.45, 2.75) is 58.3 Å². The second kappa shape index (κ2) is 6.47. The Bertz CT molecular complexity index is 334. The molecule has 0 aromatic carbocycles. The molecule has 0 bridgehead atoms. The zero-order valence-corrected chi connectivity index (χ0v) is 11.6. The summed E-state index contributed by atoms with van der Waals surface area (Å²) in [7, 11) is 0. The van der Waals surface area contributed by atoms with Gasteiger partial charge in [-0.1, -0.05) is 12.0 Å². The Kier molecular flexibility index (Phi) is 5.94. The molecular formula is C11H22N4O3. The third-order valence-corrected chi connectivity index (χ3v) is 2.56. The molecule has 0 saturated heterocycles. The summed E-state index contributed by atoms with van der Waals surface area (Å²) in [5, 5.41) is 16.1. The maximum absolute atomic E-state index is 11.6. The van der Waals surface area contributed by atoms with E-state index in [0.29, 0.717) is 6.42 Å². The average Bonchev–Trinajstić information content (AvgIpc) is 2.22. The highest BCUT2D eigenvalue weighted by Gasteiger charge is 2.33. The molecule has 7 heteroatoms. The molecule has 0 fully saturated rings. The van der Waals surface area contributed by atoms with Gasteiger partial charge in [0.25, 0.3) is 0 Å². The third kappa shape index (κ3) is 5.75. The molecule has 1 amide bonds. The van der Waals surface area contributed by atoms with Crippen molar-refractivity contribution in [1.82, 2.24) is 5.32 Å². The summed E-state index contributed by atoms with van der Waals surface area (Å²) in [4.78, 5) is 14.2. The topological polar surface area (TPSA) is 107 Å². The van der Waals surface area contributed by atoms with Crippen LogP contribution in [-0.2, 0) is 4.74 Å². The van der Waals surface area contributed by atoms with Crippen molar-refractivity contribution < 1.29 is 14.6 Å². The molecule has 18 heavy (non-hydrogen) atoms. The van der Waals surface area contributed by atoms with Crippen LogP contribution in [0.4, 0.5) is 4.79 Å². The van der Waals surface area contributed by atoms with E-state index in [1.165, 1.54) is 0 Å². The summed E-state index contributed by atoms with van der Waals surface area (Å²) in [6.45, 7) is 8.55. The van der Waals surface area contributed by atoms with Gasteiger partial charge in [0.2, 0.25) is 0 Å². The van der Waals surface area contributed by atoms with Gasteiger partial charge in [-0.25, -0.2) is 4.79 Å². The van der Waals surface area contributed by atoms with E-state index in [1.54, 1.807) is 34.6 Å². The van der Waals surface area contributed by atoms with Crippen LogP contribution in [0.2, 0.25) is 0 Å². The van der Waals surface area contributed by atoms with Gasteiger partial charge in [0.1, 0.15) is 5.60 Å². The Morgan fingerprint density at radius 2 is 2.11 bits per heavy atom. The highest BCUT2D eigenvalue weighted by molar-refractivity contribution is 5.68. The quantitative estimate of drug-likeness (QED) is 0.449. The first-order valence-electron chi connectivity index (χ1n) is 5.87. The fourth-order valence-electron chi connectivity index (χ4n) is 1.33. The molecule has 0 heterocycles. The van der Waals surface area contributed by atoms with Crippen LogP contribution in [0, 0.1) is 0 Å². The molecule has 7 nitrogen and oxygen atoms in total. The number of carbonyl (C=O) groups excluding carboxylic acids is 1. The number of ether oxygens (including phenoxy) is 1. The molecule has 0 saturated carbocycles. The predicted octanol–water partition coefficient (Wildman–Crippen LogP) is 2.35. The fraction of sp³-hybridized carbons (Fsp3) is 0.909. The second-order valence-corrected chi connectivity index (χ2v) is 5.21. The standard InChI is InChI=1S/C11H22N4O3/c1-6-11(17,7-13-15-12)8(2)14-9(16)18-10(3,4)5/h8,17H,6-7H2,1-5H3,(H,14,16). The Balaban J connectivity index is 4.57. The molecule has 0 spiro atoms. The first-order chi connectivity index (χ1) is 8.14. The van der Waals surface area contributed by atoms with Gasteiger partial charge >= 0.3 is 6.09 Å². The molecule has 0 radical (unpaired) electrons. The lowest BCUT2D eigenvalue weighted by Crippen LogP contribution is -2.53. The Morgan fingerprint density at radius 1 is 1.56 bits per heavy atom. The Morgan fingerprint density at radius 3 is 2.50 bits per heavy atom. The highest BCUT2D eigenvalue weighted by atomic mass is 16.6. The first kappa shape index (κ1) is 16.5. The number of amides is 1. The summed E-state index contributed by atoms with van der Waals surface area (Å²) < 4.78 is 5.09. The van der Waals surface area contributed by atoms with Crippen LogP contribution in [0.1, 0.15) is 41.0 Å². The molecular weight excluding hydrogens is 236 g/mol. The van der Waals surface area contributed by atoms with Crippen molar-refractivity contribution >= 4 is 6.09 Å². The number of hydrogen-bond donors (Lipinski definition) is 2. The van der Waals surface area contributed by atoms with E-state index in [2.05, 4.69) is 15.3 Å². The normalized spacial score (nSPS) is 16.1. The van der Waals surface area contributed by atoms with Crippen LogP contribution in [0.15, 0.2) is 5.11 Å². The van der Waals surface area contributed by atoms with E-state index >= 15 is 0 Å². The van der Waals surface area contributed by atoms with Gasteiger partial charge in [-0.05, 0) is 39.6 Å². The van der Waals surface area contributed by atoms with Gasteiger partial charge in [0.15, 0.2) is 0 Å². The Labute approximate surface area is 107 Å². The molecule has 2 unspecified atom stereocenters. The second-order valence-electron chi connectivity index (χ2n) is 5.21. The number of hydrogen-bond acceptors (Lipinski definition) is 4. The smallest absolute Gasteiger partial charge is 0.407 e. The van der Waals surface area contributed by atoms with Gasteiger partial charge in [-0.15, -0.1) is 0 Å². The van der Waals surface area contributed by atoms with E-state index in [-0.39, 0.29) is 6.54 Å². The van der Waals surface area contributed by atoms with E-state index in [0.717, 1.165) is 0 Å². The van der Waals surface area contributed by atoms with Crippen molar-refractivity contribution in [3.05, 3.63) is 10.4 Å². The molecule has 104 valence electrons. The number of rotatable bonds is 5. The van der Waals surface area contributed by atoms with Gasteiger partial charge in [0.05, 0.1) is 18.2 Å². The van der Waals surface area contributed by atoms with E-state index < -0.39 is 23.3 Å². The summed E-state index contributed by atoms with van der Waals surface area (Å²) in [6.07, 6.45) is -0.258. The molecule has 0 aromatic heterocycles. The van der Waals surface area contributed by atoms with Gasteiger partial charge in [-0.3, -0.25) is 0 Å². The van der Waals surface area contributed by atoms with Crippen LogP contribution in [0.3, 0.4) is 0 Å². The number of carbonyl (C=O) groups is 1. The van der Waals surface area contributed by atoms with Crippen molar-refractivity contribution in [1.29, 1.82) is 0 Å². The fourth-order valence-corrected chi connectivity index (χ4v) is 1.33. The van der Waals surface area contributed by atoms with Crippen molar-refractivity contribution in [2.75, 3.05) is 6.54 Å². The van der Waals surface area contributed by atoms with Crippen LogP contribution < -0.4 is 5.32 Å². The molecule has 0 aliphatic rings. The minimum absolute atomic E-state index is 0.100. The van der Waals surface area contributed by atoms with Crippen molar-refractivity contribution in [3.8, 4) is 0 Å². The summed E-state index contributed by atoms with van der Waals surface area (Å²) in [6, 6.07) is -0.581. The summed E-state index contributed by atoms with van der Waals surface area (Å²) >= 11 is 0. The van der Waals surface area contributed by atoms with Crippen LogP contribution in [0.5, 0.6) is 0 Å². The Hall–Kier alpha value is -1.46. The lowest BCUT2D eigenvalue weighted by atomic mass is 9.93. The monoisotopic (exact) mass is 258 g/mol. The molecule has 0 aromatic rings. The highest BCUT2D eigenvalue weighted by Crippen LogP contribution is 2.17. The van der Waals surface area contributed by atoms with Gasteiger partial charge in [0, 0.05) is 4.91 Å². The number of alkyl carbamates (subject to hydrolysis) is 1. The minimum atomic E-state index is -1.27. The molecule has 2 atom stereocenters. The van der Waals surface area contributed by atoms with Crippen LogP contribution in [-0.4, -0.2) is 35.0 Å². The lowest BCUT2D eigenvalue weighted by molar-refractivity contribution is 0.00142. The van der Waals surface area contributed by atoms with E-state index in [4.69, 9.17) is 10.3 Å². The number of azide groups is 1. The molecule has 0 rings (SSSR count). The van der Waals surface area contributed by atoms with Crippen LogP contribution >= 0.6 is 0 Å². The number of nitrogens with one attached hydrogen (secondary N) is 1.